The maximum absolute atomic E-state index is 5.13. The number of rotatable bonds is 4. The van der Waals surface area contributed by atoms with Crippen LogP contribution in [0.1, 0.15) is 0 Å². The van der Waals surface area contributed by atoms with Crippen molar-refractivity contribution in [1.82, 2.24) is 24.9 Å². The lowest BCUT2D eigenvalue weighted by Gasteiger charge is -2.10. The quantitative estimate of drug-likeness (QED) is 0.191. The second kappa shape index (κ2) is 11.1. The third-order valence-corrected chi connectivity index (χ3v) is 10.3. The zero-order valence-electron chi connectivity index (χ0n) is 26.1. The Bertz CT molecular complexity index is 2910. The van der Waals surface area contributed by atoms with E-state index in [-0.39, 0.29) is 0 Å². The van der Waals surface area contributed by atoms with E-state index >= 15 is 0 Å². The zero-order chi connectivity index (χ0) is 32.3. The van der Waals surface area contributed by atoms with Crippen LogP contribution < -0.4 is 0 Å². The fraction of sp³-hybridized carbons (Fsp3) is 0. The van der Waals surface area contributed by atoms with E-state index in [1.165, 1.54) is 25.6 Å². The number of hydrogen-bond donors (Lipinski definition) is 0. The van der Waals surface area contributed by atoms with Crippen LogP contribution in [0.5, 0.6) is 0 Å². The molecule has 4 heterocycles. The Balaban J connectivity index is 1.14. The molecule has 6 heteroatoms. The molecular formula is C43H25N5S. The van der Waals surface area contributed by atoms with E-state index in [0.29, 0.717) is 23.2 Å². The lowest BCUT2D eigenvalue weighted by molar-refractivity contribution is 1.06. The first-order valence-electron chi connectivity index (χ1n) is 16.2. The summed E-state index contributed by atoms with van der Waals surface area (Å²) in [5.74, 6) is 1.76. The molecule has 0 unspecified atom stereocenters. The molecule has 0 aliphatic rings. The fourth-order valence-corrected chi connectivity index (χ4v) is 7.71. The number of benzene rings is 6. The normalized spacial score (nSPS) is 11.7. The van der Waals surface area contributed by atoms with Crippen LogP contribution in [0.4, 0.5) is 0 Å². The van der Waals surface area contributed by atoms with E-state index in [0.717, 1.165) is 49.4 Å². The number of aromatic nitrogens is 5. The van der Waals surface area contributed by atoms with Gasteiger partial charge in [-0.25, -0.2) is 19.9 Å². The van der Waals surface area contributed by atoms with Crippen molar-refractivity contribution in [2.24, 2.45) is 0 Å². The van der Waals surface area contributed by atoms with Crippen LogP contribution in [0, 0.1) is 0 Å². The Morgan fingerprint density at radius 2 is 1.02 bits per heavy atom. The van der Waals surface area contributed by atoms with Gasteiger partial charge in [0.1, 0.15) is 5.69 Å². The molecule has 49 heavy (non-hydrogen) atoms. The molecule has 0 aliphatic carbocycles. The molecule has 0 atom stereocenters. The fourth-order valence-electron chi connectivity index (χ4n) is 6.62. The second-order valence-electron chi connectivity index (χ2n) is 12.2. The molecular weight excluding hydrogens is 619 g/mol. The average Bonchev–Trinajstić information content (AvgIpc) is 3.55. The topological polar surface area (TPSA) is 64.5 Å². The molecule has 0 radical (unpaired) electrons. The molecule has 0 saturated heterocycles. The van der Waals surface area contributed by atoms with Crippen molar-refractivity contribution < 1.29 is 0 Å². The zero-order valence-corrected chi connectivity index (χ0v) is 26.9. The number of thiophene rings is 1. The van der Waals surface area contributed by atoms with Gasteiger partial charge in [0.2, 0.25) is 0 Å². The first-order valence-corrected chi connectivity index (χ1v) is 17.0. The molecule has 6 aromatic carbocycles. The second-order valence-corrected chi connectivity index (χ2v) is 13.3. The first kappa shape index (κ1) is 27.7. The first-order chi connectivity index (χ1) is 24.2. The third kappa shape index (κ3) is 4.89. The minimum absolute atomic E-state index is 0.535. The van der Waals surface area contributed by atoms with E-state index in [1.54, 1.807) is 11.3 Å². The minimum atomic E-state index is 0.535. The van der Waals surface area contributed by atoms with Crippen LogP contribution in [0.2, 0.25) is 0 Å². The standard InChI is InChI=1S/C43H25N5S/c1-2-7-28-23-32(14-11-26(28)6-1)41-46-42(33-17-20-40-35(24-33)34-9-3-4-10-39(34)49-40)48-43(47-41)37-19-15-27-12-13-30(25-38(27)45-37)29-16-18-36-31(22-29)8-5-21-44-36/h1-25H. The van der Waals surface area contributed by atoms with Crippen LogP contribution in [-0.4, -0.2) is 24.9 Å². The summed E-state index contributed by atoms with van der Waals surface area (Å²) in [4.78, 5) is 24.8. The van der Waals surface area contributed by atoms with Crippen molar-refractivity contribution in [3.8, 4) is 45.4 Å². The van der Waals surface area contributed by atoms with Crippen molar-refractivity contribution >= 4 is 64.1 Å². The molecule has 0 N–H and O–H groups in total. The van der Waals surface area contributed by atoms with Crippen LogP contribution in [-0.2, 0) is 0 Å². The summed E-state index contributed by atoms with van der Waals surface area (Å²) < 4.78 is 2.51. The summed E-state index contributed by atoms with van der Waals surface area (Å²) in [7, 11) is 0. The van der Waals surface area contributed by atoms with E-state index in [1.807, 2.05) is 18.3 Å². The summed E-state index contributed by atoms with van der Waals surface area (Å²) in [6, 6.07) is 50.6. The molecule has 0 fully saturated rings. The van der Waals surface area contributed by atoms with Crippen LogP contribution in [0.25, 0.3) is 98.2 Å². The smallest absolute Gasteiger partial charge is 0.182 e. The SMILES string of the molecule is c1ccc2cc(-c3nc(-c4ccc5sc6ccccc6c5c4)nc(-c4ccc5ccc(-c6ccc7ncccc7c6)cc5n4)n3)ccc2c1. The van der Waals surface area contributed by atoms with Gasteiger partial charge < -0.3 is 0 Å². The predicted molar refractivity (Wildman–Crippen MR) is 203 cm³/mol. The van der Waals surface area contributed by atoms with E-state index in [2.05, 4.69) is 138 Å². The highest BCUT2D eigenvalue weighted by molar-refractivity contribution is 7.25. The summed E-state index contributed by atoms with van der Waals surface area (Å²) >= 11 is 1.80. The lowest BCUT2D eigenvalue weighted by atomic mass is 10.0. The van der Waals surface area contributed by atoms with Gasteiger partial charge in [0, 0.05) is 48.3 Å². The molecule has 228 valence electrons. The number of hydrogen-bond acceptors (Lipinski definition) is 6. The van der Waals surface area contributed by atoms with Crippen molar-refractivity contribution in [3.05, 3.63) is 152 Å². The predicted octanol–water partition coefficient (Wildman–Crippen LogP) is 11.2. The molecule has 0 spiro atoms. The van der Waals surface area contributed by atoms with Gasteiger partial charge in [-0.05, 0) is 82.6 Å². The van der Waals surface area contributed by atoms with Gasteiger partial charge >= 0.3 is 0 Å². The highest BCUT2D eigenvalue weighted by atomic mass is 32.1. The molecule has 5 nitrogen and oxygen atoms in total. The van der Waals surface area contributed by atoms with Crippen molar-refractivity contribution in [2.75, 3.05) is 0 Å². The van der Waals surface area contributed by atoms with E-state index < -0.39 is 0 Å². The summed E-state index contributed by atoms with van der Waals surface area (Å²) in [6.07, 6.45) is 1.82. The maximum Gasteiger partial charge on any atom is 0.182 e. The van der Waals surface area contributed by atoms with E-state index in [4.69, 9.17) is 19.9 Å². The van der Waals surface area contributed by atoms with Crippen LogP contribution in [0.15, 0.2) is 152 Å². The number of fused-ring (bicyclic) bond motifs is 6. The van der Waals surface area contributed by atoms with Gasteiger partial charge in [-0.1, -0.05) is 84.9 Å². The Morgan fingerprint density at radius 3 is 1.96 bits per heavy atom. The van der Waals surface area contributed by atoms with Crippen LogP contribution >= 0.6 is 11.3 Å². The third-order valence-electron chi connectivity index (χ3n) is 9.14. The summed E-state index contributed by atoms with van der Waals surface area (Å²) in [6.45, 7) is 0. The van der Waals surface area contributed by atoms with Gasteiger partial charge in [0.05, 0.1) is 11.0 Å². The highest BCUT2D eigenvalue weighted by Gasteiger charge is 2.16. The van der Waals surface area contributed by atoms with Gasteiger partial charge in [-0.3, -0.25) is 4.98 Å². The highest BCUT2D eigenvalue weighted by Crippen LogP contribution is 2.36. The molecule has 0 amide bonds. The van der Waals surface area contributed by atoms with Gasteiger partial charge in [-0.15, -0.1) is 11.3 Å². The van der Waals surface area contributed by atoms with Crippen LogP contribution in [0.3, 0.4) is 0 Å². The maximum atomic E-state index is 5.13. The van der Waals surface area contributed by atoms with Gasteiger partial charge in [0.15, 0.2) is 17.5 Å². The van der Waals surface area contributed by atoms with Gasteiger partial charge in [0.25, 0.3) is 0 Å². The lowest BCUT2D eigenvalue weighted by Crippen LogP contribution is -2.01. The number of pyridine rings is 2. The van der Waals surface area contributed by atoms with Crippen molar-refractivity contribution in [1.29, 1.82) is 0 Å². The van der Waals surface area contributed by atoms with Crippen molar-refractivity contribution in [2.45, 2.75) is 0 Å². The van der Waals surface area contributed by atoms with Gasteiger partial charge in [-0.2, -0.15) is 0 Å². The summed E-state index contributed by atoms with van der Waals surface area (Å²) in [5, 5.41) is 6.90. The molecule has 0 saturated carbocycles. The molecule has 0 aliphatic heterocycles. The molecule has 0 bridgehead atoms. The molecule has 10 rings (SSSR count). The average molecular weight is 644 g/mol. The van der Waals surface area contributed by atoms with E-state index in [9.17, 15) is 0 Å². The van der Waals surface area contributed by atoms with Crippen molar-refractivity contribution in [3.63, 3.8) is 0 Å². The Labute approximate surface area is 285 Å². The number of nitrogens with zero attached hydrogens (tertiary/aromatic N) is 5. The Kier molecular flexibility index (Phi) is 6.29. The largest absolute Gasteiger partial charge is 0.256 e. The Hall–Kier alpha value is -6.37. The monoisotopic (exact) mass is 643 g/mol. The summed E-state index contributed by atoms with van der Waals surface area (Å²) in [5.41, 5.74) is 6.63. The minimum Gasteiger partial charge on any atom is -0.256 e. The molecule has 4 aromatic heterocycles. The molecule has 10 aromatic rings. The Morgan fingerprint density at radius 1 is 0.367 bits per heavy atom.